The number of hydrogen-bond acceptors (Lipinski definition) is 2. The Morgan fingerprint density at radius 1 is 1.26 bits per heavy atom. The first-order valence-corrected chi connectivity index (χ1v) is 7.63. The van der Waals surface area contributed by atoms with Gasteiger partial charge in [-0.1, -0.05) is 25.2 Å². The molecule has 2 saturated carbocycles. The molecule has 0 aliphatic heterocycles. The van der Waals surface area contributed by atoms with Crippen LogP contribution in [-0.2, 0) is 4.74 Å². The molecule has 0 aromatic rings. The molecule has 2 nitrogen and oxygen atoms in total. The highest BCUT2D eigenvalue weighted by molar-refractivity contribution is 5.08. The molecule has 2 heteroatoms. The van der Waals surface area contributed by atoms with Crippen LogP contribution >= 0.6 is 0 Å². The third-order valence-corrected chi connectivity index (χ3v) is 4.82. The summed E-state index contributed by atoms with van der Waals surface area (Å²) in [6.45, 7) is 9.18. The molecule has 1 N–H and O–H groups in total. The molecule has 0 bridgehead atoms. The fourth-order valence-electron chi connectivity index (χ4n) is 3.82. The van der Waals surface area contributed by atoms with Gasteiger partial charge in [-0.15, -0.1) is 0 Å². The standard InChI is InChI=1S/C17H28O2/c1-16(2,3)10-6-12-19-15-9-8-13-14(18)7-5-11-17(13,15)4/h13-15,18H,5,7-9,11-12H2,1-4H3/t13-,14-,15-,17-/m0/s1. The maximum Gasteiger partial charge on any atom is 0.108 e. The van der Waals surface area contributed by atoms with Gasteiger partial charge in [0.2, 0.25) is 0 Å². The predicted octanol–water partition coefficient (Wildman–Crippen LogP) is 3.38. The molecule has 19 heavy (non-hydrogen) atoms. The average molecular weight is 264 g/mol. The van der Waals surface area contributed by atoms with E-state index in [9.17, 15) is 5.11 Å². The SMILES string of the molecule is CC(C)(C)C#CCO[C@H]1CC[C@H]2[C@@H](O)CCC[C@]12C. The van der Waals surface area contributed by atoms with Crippen LogP contribution in [-0.4, -0.2) is 23.9 Å². The van der Waals surface area contributed by atoms with Crippen molar-refractivity contribution in [2.24, 2.45) is 16.7 Å². The first kappa shape index (κ1) is 14.9. The van der Waals surface area contributed by atoms with Crippen LogP contribution in [0.4, 0.5) is 0 Å². The van der Waals surface area contributed by atoms with Gasteiger partial charge in [-0.3, -0.25) is 0 Å². The zero-order valence-electron chi connectivity index (χ0n) is 12.8. The number of ether oxygens (including phenoxy) is 1. The average Bonchev–Trinajstić information content (AvgIpc) is 2.62. The number of fused-ring (bicyclic) bond motifs is 1. The van der Waals surface area contributed by atoms with Crippen molar-refractivity contribution >= 4 is 0 Å². The van der Waals surface area contributed by atoms with Crippen LogP contribution in [0.15, 0.2) is 0 Å². The summed E-state index contributed by atoms with van der Waals surface area (Å²) >= 11 is 0. The zero-order chi connectivity index (χ0) is 14.1. The molecule has 2 rings (SSSR count). The molecule has 0 heterocycles. The summed E-state index contributed by atoms with van der Waals surface area (Å²) in [4.78, 5) is 0. The normalized spacial score (nSPS) is 38.5. The molecule has 0 unspecified atom stereocenters. The first-order chi connectivity index (χ1) is 8.83. The van der Waals surface area contributed by atoms with Crippen LogP contribution in [0.5, 0.6) is 0 Å². The third kappa shape index (κ3) is 3.33. The van der Waals surface area contributed by atoms with Crippen molar-refractivity contribution in [3.05, 3.63) is 0 Å². The van der Waals surface area contributed by atoms with Crippen LogP contribution in [0.3, 0.4) is 0 Å². The lowest BCUT2D eigenvalue weighted by Gasteiger charge is -2.42. The zero-order valence-corrected chi connectivity index (χ0v) is 12.8. The van der Waals surface area contributed by atoms with Crippen LogP contribution in [0.2, 0.25) is 0 Å². The molecule has 4 atom stereocenters. The van der Waals surface area contributed by atoms with Crippen molar-refractivity contribution < 1.29 is 9.84 Å². The van der Waals surface area contributed by atoms with Crippen molar-refractivity contribution in [2.45, 2.75) is 72.0 Å². The molecule has 2 aliphatic carbocycles. The Bertz CT molecular complexity index is 371. The van der Waals surface area contributed by atoms with E-state index in [1.54, 1.807) is 0 Å². The maximum atomic E-state index is 10.2. The van der Waals surface area contributed by atoms with E-state index in [2.05, 4.69) is 39.5 Å². The fraction of sp³-hybridized carbons (Fsp3) is 0.882. The smallest absolute Gasteiger partial charge is 0.108 e. The van der Waals surface area contributed by atoms with Crippen molar-refractivity contribution in [3.63, 3.8) is 0 Å². The summed E-state index contributed by atoms with van der Waals surface area (Å²) in [6.07, 6.45) is 5.63. The fourth-order valence-corrected chi connectivity index (χ4v) is 3.82. The van der Waals surface area contributed by atoms with E-state index in [0.717, 1.165) is 25.7 Å². The Labute approximate surface area is 117 Å². The Hall–Kier alpha value is -0.520. The van der Waals surface area contributed by atoms with Crippen LogP contribution in [0.1, 0.15) is 59.8 Å². The van der Waals surface area contributed by atoms with E-state index >= 15 is 0 Å². The van der Waals surface area contributed by atoms with Gasteiger partial charge in [0.1, 0.15) is 6.61 Å². The van der Waals surface area contributed by atoms with Crippen molar-refractivity contribution in [1.82, 2.24) is 0 Å². The Balaban J connectivity index is 1.93. The highest BCUT2D eigenvalue weighted by Crippen LogP contribution is 2.53. The van der Waals surface area contributed by atoms with Gasteiger partial charge in [0.15, 0.2) is 0 Å². The van der Waals surface area contributed by atoms with E-state index < -0.39 is 0 Å². The van der Waals surface area contributed by atoms with Crippen LogP contribution < -0.4 is 0 Å². The topological polar surface area (TPSA) is 29.5 Å². The van der Waals surface area contributed by atoms with Crippen molar-refractivity contribution in [2.75, 3.05) is 6.61 Å². The minimum atomic E-state index is -0.118. The van der Waals surface area contributed by atoms with Gasteiger partial charge in [-0.2, -0.15) is 0 Å². The molecular weight excluding hydrogens is 236 g/mol. The van der Waals surface area contributed by atoms with E-state index in [-0.39, 0.29) is 23.0 Å². The third-order valence-electron chi connectivity index (χ3n) is 4.82. The van der Waals surface area contributed by atoms with Gasteiger partial charge in [-0.05, 0) is 57.8 Å². The van der Waals surface area contributed by atoms with Crippen molar-refractivity contribution in [1.29, 1.82) is 0 Å². The minimum Gasteiger partial charge on any atom is -0.393 e. The lowest BCUT2D eigenvalue weighted by molar-refractivity contribution is -0.0703. The molecule has 2 aliphatic rings. The van der Waals surface area contributed by atoms with Crippen LogP contribution in [0.25, 0.3) is 0 Å². The molecule has 108 valence electrons. The number of aliphatic hydroxyl groups is 1. The first-order valence-electron chi connectivity index (χ1n) is 7.63. The largest absolute Gasteiger partial charge is 0.393 e. The second-order valence-electron chi connectivity index (χ2n) is 7.50. The van der Waals surface area contributed by atoms with Gasteiger partial charge in [0.25, 0.3) is 0 Å². The molecule has 2 fully saturated rings. The summed E-state index contributed by atoms with van der Waals surface area (Å²) in [5.74, 6) is 6.79. The lowest BCUT2D eigenvalue weighted by atomic mass is 9.67. The number of aliphatic hydroxyl groups excluding tert-OH is 1. The highest BCUT2D eigenvalue weighted by atomic mass is 16.5. The summed E-state index contributed by atoms with van der Waals surface area (Å²) in [5, 5.41) is 10.2. The second-order valence-corrected chi connectivity index (χ2v) is 7.50. The van der Waals surface area contributed by atoms with Gasteiger partial charge < -0.3 is 9.84 Å². The summed E-state index contributed by atoms with van der Waals surface area (Å²) in [6, 6.07) is 0. The monoisotopic (exact) mass is 264 g/mol. The number of hydrogen-bond donors (Lipinski definition) is 1. The molecule has 0 spiro atoms. The van der Waals surface area contributed by atoms with Gasteiger partial charge in [-0.25, -0.2) is 0 Å². The molecule has 0 aromatic heterocycles. The molecular formula is C17H28O2. The Morgan fingerprint density at radius 3 is 2.68 bits per heavy atom. The summed E-state index contributed by atoms with van der Waals surface area (Å²) in [7, 11) is 0. The summed E-state index contributed by atoms with van der Waals surface area (Å²) < 4.78 is 6.03. The lowest BCUT2D eigenvalue weighted by Crippen LogP contribution is -2.42. The quantitative estimate of drug-likeness (QED) is 0.775. The van der Waals surface area contributed by atoms with Gasteiger partial charge in [0, 0.05) is 5.41 Å². The van der Waals surface area contributed by atoms with E-state index in [1.165, 1.54) is 6.42 Å². The van der Waals surface area contributed by atoms with E-state index in [1.807, 2.05) is 0 Å². The molecule has 0 radical (unpaired) electrons. The number of rotatable bonds is 2. The Kier molecular flexibility index (Phi) is 4.28. The minimum absolute atomic E-state index is 0.0481. The molecule has 0 saturated heterocycles. The van der Waals surface area contributed by atoms with E-state index in [4.69, 9.17) is 4.74 Å². The second kappa shape index (κ2) is 5.46. The molecule has 0 amide bonds. The predicted molar refractivity (Wildman–Crippen MR) is 77.7 cm³/mol. The highest BCUT2D eigenvalue weighted by Gasteiger charge is 2.51. The van der Waals surface area contributed by atoms with Crippen molar-refractivity contribution in [3.8, 4) is 11.8 Å². The van der Waals surface area contributed by atoms with Gasteiger partial charge in [0.05, 0.1) is 12.2 Å². The van der Waals surface area contributed by atoms with Crippen LogP contribution in [0, 0.1) is 28.6 Å². The summed E-state index contributed by atoms with van der Waals surface area (Å²) in [5.41, 5.74) is 0.216. The van der Waals surface area contributed by atoms with Gasteiger partial charge >= 0.3 is 0 Å². The van der Waals surface area contributed by atoms with E-state index in [0.29, 0.717) is 12.5 Å². The molecule has 0 aromatic carbocycles. The Morgan fingerprint density at radius 2 is 2.00 bits per heavy atom. The maximum absolute atomic E-state index is 10.2.